The zero-order valence-electron chi connectivity index (χ0n) is 27.6. The summed E-state index contributed by atoms with van der Waals surface area (Å²) < 4.78 is 26.7. The van der Waals surface area contributed by atoms with Crippen molar-refractivity contribution in [3.8, 4) is 11.5 Å². The SMILES string of the molecule is Cc1cc(C)c(OC(=O)N(Cc2cccc(Cl)c2)c2ccnc(Nc3ccc(OCCN4CCN(C(C)C)CC4)c(F)c3)n2)c(C)c1. The average molecular weight is 661 g/mol. The van der Waals surface area contributed by atoms with Gasteiger partial charge in [-0.2, -0.15) is 4.98 Å². The molecule has 0 atom stereocenters. The van der Waals surface area contributed by atoms with Gasteiger partial charge in [-0.05, 0) is 81.6 Å². The Balaban J connectivity index is 1.27. The normalized spacial score (nSPS) is 13.9. The van der Waals surface area contributed by atoms with Crippen LogP contribution >= 0.6 is 11.6 Å². The summed E-state index contributed by atoms with van der Waals surface area (Å²) in [6.45, 7) is 15.5. The Bertz CT molecular complexity index is 1670. The lowest BCUT2D eigenvalue weighted by Crippen LogP contribution is -2.49. The highest BCUT2D eigenvalue weighted by atomic mass is 35.5. The lowest BCUT2D eigenvalue weighted by Gasteiger charge is -2.36. The highest BCUT2D eigenvalue weighted by Crippen LogP contribution is 2.28. The number of hydrogen-bond acceptors (Lipinski definition) is 8. The molecule has 1 aromatic heterocycles. The third kappa shape index (κ3) is 9.18. The molecule has 0 unspecified atom stereocenters. The smallest absolute Gasteiger partial charge is 0.421 e. The van der Waals surface area contributed by atoms with Gasteiger partial charge in [0.05, 0.1) is 6.54 Å². The minimum Gasteiger partial charge on any atom is -0.489 e. The number of nitrogens with zero attached hydrogens (tertiary/aromatic N) is 5. The van der Waals surface area contributed by atoms with E-state index in [-0.39, 0.29) is 18.2 Å². The highest BCUT2D eigenvalue weighted by molar-refractivity contribution is 6.30. The van der Waals surface area contributed by atoms with Gasteiger partial charge >= 0.3 is 6.09 Å². The first-order valence-electron chi connectivity index (χ1n) is 15.9. The van der Waals surface area contributed by atoms with Crippen molar-refractivity contribution in [2.75, 3.05) is 49.5 Å². The van der Waals surface area contributed by atoms with Crippen LogP contribution in [0.1, 0.15) is 36.1 Å². The molecule has 5 rings (SSSR count). The van der Waals surface area contributed by atoms with E-state index in [1.54, 1.807) is 30.3 Å². The number of carbonyl (C=O) groups is 1. The van der Waals surface area contributed by atoms with Gasteiger partial charge < -0.3 is 14.8 Å². The largest absolute Gasteiger partial charge is 0.489 e. The van der Waals surface area contributed by atoms with E-state index in [9.17, 15) is 4.79 Å². The molecule has 1 amide bonds. The number of nitrogens with one attached hydrogen (secondary N) is 1. The summed E-state index contributed by atoms with van der Waals surface area (Å²) in [5.41, 5.74) is 4.00. The van der Waals surface area contributed by atoms with Crippen molar-refractivity contribution in [3.63, 3.8) is 0 Å². The van der Waals surface area contributed by atoms with E-state index >= 15 is 4.39 Å². The van der Waals surface area contributed by atoms with E-state index in [0.29, 0.717) is 34.9 Å². The van der Waals surface area contributed by atoms with Gasteiger partial charge in [-0.1, -0.05) is 41.4 Å². The first-order chi connectivity index (χ1) is 22.5. The molecule has 0 aliphatic carbocycles. The summed E-state index contributed by atoms with van der Waals surface area (Å²) >= 11 is 6.24. The van der Waals surface area contributed by atoms with Crippen LogP contribution in [-0.2, 0) is 6.54 Å². The first kappa shape index (κ1) is 34.1. The Hall–Kier alpha value is -4.25. The van der Waals surface area contributed by atoms with Crippen molar-refractivity contribution in [1.29, 1.82) is 0 Å². The van der Waals surface area contributed by atoms with Crippen LogP contribution in [0.3, 0.4) is 0 Å². The number of rotatable bonds is 11. The maximum Gasteiger partial charge on any atom is 0.421 e. The van der Waals surface area contributed by atoms with Gasteiger partial charge in [-0.3, -0.25) is 14.7 Å². The van der Waals surface area contributed by atoms with Crippen LogP contribution in [0.25, 0.3) is 0 Å². The van der Waals surface area contributed by atoms with Crippen molar-refractivity contribution in [3.05, 3.63) is 100.0 Å². The van der Waals surface area contributed by atoms with E-state index in [1.807, 2.05) is 45.0 Å². The number of halogens is 2. The maximum absolute atomic E-state index is 15.0. The van der Waals surface area contributed by atoms with E-state index in [4.69, 9.17) is 21.1 Å². The Morgan fingerprint density at radius 1 is 1.02 bits per heavy atom. The van der Waals surface area contributed by atoms with Crippen molar-refractivity contribution in [1.82, 2.24) is 19.8 Å². The molecule has 0 spiro atoms. The number of aromatic nitrogens is 2. The molecule has 1 N–H and O–H groups in total. The molecule has 0 radical (unpaired) electrons. The lowest BCUT2D eigenvalue weighted by atomic mass is 10.1. The van der Waals surface area contributed by atoms with Crippen molar-refractivity contribution >= 4 is 35.1 Å². The standard InChI is InChI=1S/C36H42ClFN6O3/c1-24(2)43-15-13-42(14-16-43)17-18-46-32-10-9-30(22-31(32)38)40-35-39-12-11-33(41-35)44(23-28-7-6-8-29(37)21-28)36(45)47-34-26(4)19-25(3)20-27(34)5/h6-12,19-22,24H,13-18,23H2,1-5H3,(H,39,40,41). The Morgan fingerprint density at radius 3 is 2.45 bits per heavy atom. The Kier molecular flexibility index (Phi) is 11.3. The average Bonchev–Trinajstić information content (AvgIpc) is 3.03. The molecule has 248 valence electrons. The van der Waals surface area contributed by atoms with Crippen LogP contribution in [0.5, 0.6) is 11.5 Å². The summed E-state index contributed by atoms with van der Waals surface area (Å²) in [4.78, 5) is 28.8. The monoisotopic (exact) mass is 660 g/mol. The van der Waals surface area contributed by atoms with E-state index in [2.05, 4.69) is 38.9 Å². The minimum absolute atomic E-state index is 0.147. The number of amides is 1. The molecule has 0 saturated carbocycles. The predicted molar refractivity (Wildman–Crippen MR) is 185 cm³/mol. The summed E-state index contributed by atoms with van der Waals surface area (Å²) in [6, 6.07) is 18.0. The van der Waals surface area contributed by atoms with E-state index in [0.717, 1.165) is 55.0 Å². The van der Waals surface area contributed by atoms with Crippen LogP contribution in [0, 0.1) is 26.6 Å². The minimum atomic E-state index is -0.612. The van der Waals surface area contributed by atoms with E-state index in [1.165, 1.54) is 17.2 Å². The number of benzene rings is 3. The summed E-state index contributed by atoms with van der Waals surface area (Å²) in [7, 11) is 0. The van der Waals surface area contributed by atoms with Gasteiger partial charge in [0.2, 0.25) is 5.95 Å². The van der Waals surface area contributed by atoms with Crippen molar-refractivity contribution in [2.45, 2.75) is 47.2 Å². The van der Waals surface area contributed by atoms with E-state index < -0.39 is 11.9 Å². The molecule has 3 aromatic carbocycles. The fourth-order valence-electron chi connectivity index (χ4n) is 5.70. The van der Waals surface area contributed by atoms with Gasteiger partial charge in [-0.15, -0.1) is 0 Å². The number of piperazine rings is 1. The molecule has 1 aliphatic rings. The van der Waals surface area contributed by atoms with Gasteiger partial charge in [0.15, 0.2) is 11.6 Å². The first-order valence-corrected chi connectivity index (χ1v) is 16.2. The van der Waals surface area contributed by atoms with Crippen LogP contribution < -0.4 is 19.7 Å². The fourth-order valence-corrected chi connectivity index (χ4v) is 5.91. The predicted octanol–water partition coefficient (Wildman–Crippen LogP) is 7.55. The van der Waals surface area contributed by atoms with Crippen LogP contribution in [0.15, 0.2) is 66.9 Å². The zero-order valence-corrected chi connectivity index (χ0v) is 28.4. The Morgan fingerprint density at radius 2 is 1.77 bits per heavy atom. The number of anilines is 3. The molecule has 1 saturated heterocycles. The van der Waals surface area contributed by atoms with Crippen molar-refractivity contribution < 1.29 is 18.7 Å². The summed E-state index contributed by atoms with van der Waals surface area (Å²) in [5.74, 6) is 0.664. The molecular weight excluding hydrogens is 619 g/mol. The topological polar surface area (TPSA) is 83.1 Å². The third-order valence-corrected chi connectivity index (χ3v) is 8.39. The quantitative estimate of drug-likeness (QED) is 0.177. The van der Waals surface area contributed by atoms with Gasteiger partial charge in [0.1, 0.15) is 18.2 Å². The third-order valence-electron chi connectivity index (χ3n) is 8.15. The second-order valence-electron chi connectivity index (χ2n) is 12.1. The summed E-state index contributed by atoms with van der Waals surface area (Å²) in [6.07, 6.45) is 0.916. The number of ether oxygens (including phenoxy) is 2. The van der Waals surface area contributed by atoms with Gasteiger partial charge in [-0.25, -0.2) is 14.2 Å². The molecule has 11 heteroatoms. The second-order valence-corrected chi connectivity index (χ2v) is 12.6. The Labute approximate surface area is 281 Å². The zero-order chi connectivity index (χ0) is 33.5. The highest BCUT2D eigenvalue weighted by Gasteiger charge is 2.23. The number of aryl methyl sites for hydroxylation is 3. The maximum atomic E-state index is 15.0. The van der Waals surface area contributed by atoms with Crippen LogP contribution in [0.4, 0.5) is 26.6 Å². The lowest BCUT2D eigenvalue weighted by molar-refractivity contribution is 0.0965. The molecule has 47 heavy (non-hydrogen) atoms. The molecule has 4 aromatic rings. The molecule has 1 aliphatic heterocycles. The molecule has 0 bridgehead atoms. The summed E-state index contributed by atoms with van der Waals surface area (Å²) in [5, 5.41) is 3.59. The van der Waals surface area contributed by atoms with Crippen LogP contribution in [-0.4, -0.2) is 71.2 Å². The van der Waals surface area contributed by atoms with Crippen LogP contribution in [0.2, 0.25) is 5.02 Å². The van der Waals surface area contributed by atoms with Crippen molar-refractivity contribution in [2.24, 2.45) is 0 Å². The number of carbonyl (C=O) groups excluding carboxylic acids is 1. The van der Waals surface area contributed by atoms with Gasteiger partial charge in [0.25, 0.3) is 0 Å². The number of hydrogen-bond donors (Lipinski definition) is 1. The fraction of sp³-hybridized carbons (Fsp3) is 0.361. The van der Waals surface area contributed by atoms with Gasteiger partial charge in [0, 0.05) is 61.7 Å². The molecule has 1 fully saturated rings. The second kappa shape index (κ2) is 15.6. The molecular formula is C36H42ClFN6O3. The molecule has 9 nitrogen and oxygen atoms in total. The molecule has 2 heterocycles.